The summed E-state index contributed by atoms with van der Waals surface area (Å²) in [6.07, 6.45) is 3.50. The van der Waals surface area contributed by atoms with E-state index >= 15 is 0 Å². The Morgan fingerprint density at radius 2 is 1.87 bits per heavy atom. The first kappa shape index (κ1) is 15.9. The Balaban J connectivity index is 2.07. The molecule has 0 unspecified atom stereocenters. The van der Waals surface area contributed by atoms with Crippen LogP contribution in [-0.2, 0) is 6.54 Å². The Bertz CT molecular complexity index is 793. The lowest BCUT2D eigenvalue weighted by molar-refractivity contribution is 0.415. The van der Waals surface area contributed by atoms with Gasteiger partial charge in [-0.2, -0.15) is 5.10 Å². The molecule has 1 aromatic heterocycles. The lowest BCUT2D eigenvalue weighted by Gasteiger charge is -2.03. The van der Waals surface area contributed by atoms with Crippen LogP contribution in [0.4, 0.5) is 0 Å². The molecule has 23 heavy (non-hydrogen) atoms. The van der Waals surface area contributed by atoms with Gasteiger partial charge in [-0.3, -0.25) is 4.68 Å². The molecule has 0 aliphatic carbocycles. The van der Waals surface area contributed by atoms with Gasteiger partial charge in [0.15, 0.2) is 0 Å². The molecule has 0 saturated heterocycles. The van der Waals surface area contributed by atoms with Crippen LogP contribution in [0.15, 0.2) is 42.5 Å². The molecule has 3 nitrogen and oxygen atoms in total. The van der Waals surface area contributed by atoms with Crippen LogP contribution in [-0.4, -0.2) is 16.9 Å². The molecule has 0 fully saturated rings. The van der Waals surface area contributed by atoms with Crippen molar-refractivity contribution in [3.8, 4) is 17.0 Å². The van der Waals surface area contributed by atoms with E-state index in [1.54, 1.807) is 7.11 Å². The van der Waals surface area contributed by atoms with Gasteiger partial charge in [0.1, 0.15) is 11.4 Å². The lowest BCUT2D eigenvalue weighted by atomic mass is 10.1. The molecule has 4 heteroatoms. The summed E-state index contributed by atoms with van der Waals surface area (Å²) in [6.45, 7) is 3.10. The Labute approximate surface area is 141 Å². The van der Waals surface area contributed by atoms with Crippen molar-refractivity contribution < 1.29 is 4.74 Å². The van der Waals surface area contributed by atoms with E-state index < -0.39 is 0 Å². The van der Waals surface area contributed by atoms with Gasteiger partial charge in [0, 0.05) is 17.5 Å². The van der Waals surface area contributed by atoms with Gasteiger partial charge in [0.05, 0.1) is 17.6 Å². The zero-order chi connectivity index (χ0) is 16.2. The molecule has 0 N–H and O–H groups in total. The molecule has 120 valence electrons. The first-order chi connectivity index (χ1) is 11.2. The Hall–Kier alpha value is -2.00. The van der Waals surface area contributed by atoms with Crippen molar-refractivity contribution in [1.29, 1.82) is 0 Å². The molecule has 0 spiro atoms. The summed E-state index contributed by atoms with van der Waals surface area (Å²) in [5.74, 6) is 0.846. The monoisotopic (exact) mass is 328 g/mol. The van der Waals surface area contributed by atoms with Gasteiger partial charge in [0.2, 0.25) is 0 Å². The molecule has 0 saturated carbocycles. The highest BCUT2D eigenvalue weighted by Crippen LogP contribution is 2.33. The summed E-state index contributed by atoms with van der Waals surface area (Å²) in [6, 6.07) is 14.0. The molecule has 0 bridgehead atoms. The largest absolute Gasteiger partial charge is 0.497 e. The van der Waals surface area contributed by atoms with E-state index in [2.05, 4.69) is 13.0 Å². The number of benzene rings is 2. The number of hydrogen-bond acceptors (Lipinski definition) is 2. The van der Waals surface area contributed by atoms with Crippen LogP contribution in [0, 0.1) is 0 Å². The number of halogens is 1. The number of aryl methyl sites for hydroxylation is 1. The van der Waals surface area contributed by atoms with Crippen molar-refractivity contribution in [2.75, 3.05) is 7.11 Å². The van der Waals surface area contributed by atoms with E-state index in [0.717, 1.165) is 45.9 Å². The minimum Gasteiger partial charge on any atom is -0.497 e. The molecule has 0 amide bonds. The van der Waals surface area contributed by atoms with Gasteiger partial charge >= 0.3 is 0 Å². The summed E-state index contributed by atoms with van der Waals surface area (Å²) in [4.78, 5) is 0. The summed E-state index contributed by atoms with van der Waals surface area (Å²) in [5.41, 5.74) is 3.07. The van der Waals surface area contributed by atoms with Gasteiger partial charge in [-0.05, 0) is 36.8 Å². The highest BCUT2D eigenvalue weighted by Gasteiger charge is 2.14. The highest BCUT2D eigenvalue weighted by molar-refractivity contribution is 6.35. The topological polar surface area (TPSA) is 27.1 Å². The Morgan fingerprint density at radius 3 is 2.57 bits per heavy atom. The highest BCUT2D eigenvalue weighted by atomic mass is 35.5. The lowest BCUT2D eigenvalue weighted by Crippen LogP contribution is -2.00. The van der Waals surface area contributed by atoms with Crippen LogP contribution in [0.2, 0.25) is 5.02 Å². The zero-order valence-corrected chi connectivity index (χ0v) is 14.3. The van der Waals surface area contributed by atoms with Gasteiger partial charge < -0.3 is 4.74 Å². The zero-order valence-electron chi connectivity index (χ0n) is 13.6. The number of aromatic nitrogens is 2. The maximum Gasteiger partial charge on any atom is 0.118 e. The van der Waals surface area contributed by atoms with Crippen LogP contribution in [0.5, 0.6) is 5.75 Å². The molecule has 1 heterocycles. The first-order valence-electron chi connectivity index (χ1n) is 8.04. The SMILES string of the molecule is CCCCCn1nc(-c2ccc(OC)cc2)c2cccc(Cl)c21. The molecule has 0 atom stereocenters. The van der Waals surface area contributed by atoms with Crippen molar-refractivity contribution in [2.45, 2.75) is 32.7 Å². The number of methoxy groups -OCH3 is 1. The number of hydrogen-bond donors (Lipinski definition) is 0. The predicted molar refractivity (Wildman–Crippen MR) is 96.3 cm³/mol. The molecule has 0 aliphatic heterocycles. The molecular weight excluding hydrogens is 308 g/mol. The number of rotatable bonds is 6. The van der Waals surface area contributed by atoms with Crippen LogP contribution >= 0.6 is 11.6 Å². The number of unbranched alkanes of at least 4 members (excludes halogenated alkanes) is 2. The van der Waals surface area contributed by atoms with E-state index in [9.17, 15) is 0 Å². The number of nitrogens with zero attached hydrogens (tertiary/aromatic N) is 2. The molecule has 3 aromatic rings. The third-order valence-corrected chi connectivity index (χ3v) is 4.36. The van der Waals surface area contributed by atoms with Gasteiger partial charge in [0.25, 0.3) is 0 Å². The summed E-state index contributed by atoms with van der Waals surface area (Å²) in [5, 5.41) is 6.69. The summed E-state index contributed by atoms with van der Waals surface area (Å²) < 4.78 is 7.28. The quantitative estimate of drug-likeness (QED) is 0.554. The number of ether oxygens (including phenoxy) is 1. The fourth-order valence-electron chi connectivity index (χ4n) is 2.83. The average Bonchev–Trinajstić information content (AvgIpc) is 2.95. The second-order valence-corrected chi connectivity index (χ2v) is 6.05. The normalized spacial score (nSPS) is 11.1. The smallest absolute Gasteiger partial charge is 0.118 e. The van der Waals surface area contributed by atoms with E-state index in [-0.39, 0.29) is 0 Å². The van der Waals surface area contributed by atoms with Crippen LogP contribution < -0.4 is 4.74 Å². The van der Waals surface area contributed by atoms with Gasteiger partial charge in [-0.25, -0.2) is 0 Å². The second kappa shape index (κ2) is 7.05. The van der Waals surface area contributed by atoms with Gasteiger partial charge in [-0.1, -0.05) is 43.5 Å². The third kappa shape index (κ3) is 3.20. The van der Waals surface area contributed by atoms with E-state index in [1.807, 2.05) is 41.1 Å². The first-order valence-corrected chi connectivity index (χ1v) is 8.42. The van der Waals surface area contributed by atoms with Crippen LogP contribution in [0.3, 0.4) is 0 Å². The van der Waals surface area contributed by atoms with Gasteiger partial charge in [-0.15, -0.1) is 0 Å². The van der Waals surface area contributed by atoms with Crippen molar-refractivity contribution in [2.24, 2.45) is 0 Å². The van der Waals surface area contributed by atoms with Crippen LogP contribution in [0.1, 0.15) is 26.2 Å². The fraction of sp³-hybridized carbons (Fsp3) is 0.316. The second-order valence-electron chi connectivity index (χ2n) is 5.64. The standard InChI is InChI=1S/C19H21ClN2O/c1-3-4-5-13-22-19-16(7-6-8-17(19)20)18(21-22)14-9-11-15(23-2)12-10-14/h6-12H,3-5,13H2,1-2H3. The predicted octanol–water partition coefficient (Wildman–Crippen LogP) is 5.56. The maximum absolute atomic E-state index is 6.44. The maximum atomic E-state index is 6.44. The van der Waals surface area contributed by atoms with Crippen molar-refractivity contribution >= 4 is 22.5 Å². The minimum atomic E-state index is 0.756. The van der Waals surface area contributed by atoms with E-state index in [0.29, 0.717) is 0 Å². The molecular formula is C19H21ClN2O. The van der Waals surface area contributed by atoms with Crippen molar-refractivity contribution in [3.63, 3.8) is 0 Å². The third-order valence-electron chi connectivity index (χ3n) is 4.06. The molecule has 2 aromatic carbocycles. The van der Waals surface area contributed by atoms with Crippen molar-refractivity contribution in [3.05, 3.63) is 47.5 Å². The van der Waals surface area contributed by atoms with E-state index in [1.165, 1.54) is 12.8 Å². The van der Waals surface area contributed by atoms with Crippen molar-refractivity contribution in [1.82, 2.24) is 9.78 Å². The van der Waals surface area contributed by atoms with E-state index in [4.69, 9.17) is 21.4 Å². The van der Waals surface area contributed by atoms with Crippen LogP contribution in [0.25, 0.3) is 22.2 Å². The minimum absolute atomic E-state index is 0.756. The summed E-state index contributed by atoms with van der Waals surface area (Å²) in [7, 11) is 1.67. The Kier molecular flexibility index (Phi) is 4.87. The number of fused-ring (bicyclic) bond motifs is 1. The Morgan fingerprint density at radius 1 is 1.09 bits per heavy atom. The molecule has 0 radical (unpaired) electrons. The fourth-order valence-corrected chi connectivity index (χ4v) is 3.10. The average molecular weight is 329 g/mol. The number of para-hydroxylation sites is 1. The summed E-state index contributed by atoms with van der Waals surface area (Å²) >= 11 is 6.44. The molecule has 3 rings (SSSR count). The molecule has 0 aliphatic rings.